The zero-order valence-electron chi connectivity index (χ0n) is 18.8. The van der Waals surface area contributed by atoms with Gasteiger partial charge >= 0.3 is 0 Å². The number of carbonyl (C=O) groups is 2. The van der Waals surface area contributed by atoms with Gasteiger partial charge in [0.05, 0.1) is 11.7 Å². The molecule has 0 radical (unpaired) electrons. The van der Waals surface area contributed by atoms with Crippen molar-refractivity contribution in [2.45, 2.75) is 39.7 Å². The Bertz CT molecular complexity index is 1120. The number of hydrogen-bond acceptors (Lipinski definition) is 4. The average Bonchev–Trinajstić information content (AvgIpc) is 3.34. The first kappa shape index (κ1) is 21.7. The predicted octanol–water partition coefficient (Wildman–Crippen LogP) is 4.49. The first-order valence-electron chi connectivity index (χ1n) is 11.0. The minimum absolute atomic E-state index is 0.0405. The van der Waals surface area contributed by atoms with Crippen molar-refractivity contribution >= 4 is 11.8 Å². The molecule has 0 spiro atoms. The molecule has 1 N–H and O–H groups in total. The molecule has 2 amide bonds. The molecule has 32 heavy (non-hydrogen) atoms. The highest BCUT2D eigenvalue weighted by Crippen LogP contribution is 2.24. The van der Waals surface area contributed by atoms with Crippen LogP contribution in [0.15, 0.2) is 54.9 Å². The molecule has 6 heteroatoms. The fourth-order valence-corrected chi connectivity index (χ4v) is 3.87. The minimum atomic E-state index is -0.234. The first-order chi connectivity index (χ1) is 15.4. The van der Waals surface area contributed by atoms with Crippen LogP contribution >= 0.6 is 0 Å². The number of likely N-dealkylation sites (tertiary alicyclic amines) is 1. The molecule has 3 aromatic rings. The molecule has 2 aromatic heterocycles. The molecule has 0 unspecified atom stereocenters. The van der Waals surface area contributed by atoms with E-state index in [0.29, 0.717) is 11.1 Å². The van der Waals surface area contributed by atoms with Gasteiger partial charge in [-0.1, -0.05) is 12.1 Å². The zero-order valence-corrected chi connectivity index (χ0v) is 18.8. The Kier molecular flexibility index (Phi) is 6.30. The van der Waals surface area contributed by atoms with Gasteiger partial charge in [0.1, 0.15) is 0 Å². The Morgan fingerprint density at radius 3 is 2.34 bits per heavy atom. The lowest BCUT2D eigenvalue weighted by Gasteiger charge is -2.18. The van der Waals surface area contributed by atoms with Crippen molar-refractivity contribution in [3.8, 4) is 11.3 Å². The minimum Gasteiger partial charge on any atom is -0.345 e. The number of hydrogen-bond donors (Lipinski definition) is 1. The van der Waals surface area contributed by atoms with Crippen molar-refractivity contribution in [3.05, 3.63) is 82.8 Å². The molecule has 1 aliphatic heterocycles. The molecule has 1 saturated heterocycles. The number of nitrogens with one attached hydrogen (secondary N) is 1. The van der Waals surface area contributed by atoms with Gasteiger partial charge < -0.3 is 10.2 Å². The van der Waals surface area contributed by atoms with E-state index in [1.54, 1.807) is 24.5 Å². The van der Waals surface area contributed by atoms with E-state index in [9.17, 15) is 9.59 Å². The van der Waals surface area contributed by atoms with Gasteiger partial charge in [-0.2, -0.15) is 0 Å². The van der Waals surface area contributed by atoms with Crippen LogP contribution in [0.5, 0.6) is 0 Å². The molecule has 1 aromatic carbocycles. The second-order valence-corrected chi connectivity index (χ2v) is 8.45. The number of carbonyl (C=O) groups excluding carboxylic acids is 2. The third kappa shape index (κ3) is 4.85. The van der Waals surface area contributed by atoms with Crippen LogP contribution in [-0.4, -0.2) is 39.8 Å². The largest absolute Gasteiger partial charge is 0.345 e. The maximum Gasteiger partial charge on any atom is 0.253 e. The normalized spacial score (nSPS) is 14.3. The van der Waals surface area contributed by atoms with Crippen LogP contribution in [0.3, 0.4) is 0 Å². The summed E-state index contributed by atoms with van der Waals surface area (Å²) in [5.41, 5.74) is 5.35. The predicted molar refractivity (Wildman–Crippen MR) is 124 cm³/mol. The second-order valence-electron chi connectivity index (χ2n) is 8.45. The first-order valence-corrected chi connectivity index (χ1v) is 11.0. The van der Waals surface area contributed by atoms with E-state index in [0.717, 1.165) is 54.0 Å². The van der Waals surface area contributed by atoms with Gasteiger partial charge in [-0.3, -0.25) is 19.6 Å². The highest BCUT2D eigenvalue weighted by atomic mass is 16.2. The van der Waals surface area contributed by atoms with E-state index in [2.05, 4.69) is 15.3 Å². The van der Waals surface area contributed by atoms with Gasteiger partial charge in [-0.25, -0.2) is 0 Å². The third-order valence-corrected chi connectivity index (χ3v) is 5.82. The summed E-state index contributed by atoms with van der Waals surface area (Å²) in [7, 11) is 0. The molecule has 1 fully saturated rings. The molecule has 0 bridgehead atoms. The average molecular weight is 429 g/mol. The number of aryl methyl sites for hydroxylation is 2. The summed E-state index contributed by atoms with van der Waals surface area (Å²) in [6.07, 6.45) is 5.59. The standard InChI is InChI=1S/C26H28N4O2/c1-17-6-9-24(28-15-17)21-12-22(14-23(13-21)26(32)30-10-4-5-11-30)25(31)29-19(3)20-8-7-18(2)27-16-20/h6-9,12-16,19H,4-5,10-11H2,1-3H3,(H,29,31)/t19-/m1/s1. The molecular formula is C26H28N4O2. The fraction of sp³-hybridized carbons (Fsp3) is 0.308. The van der Waals surface area contributed by atoms with E-state index in [4.69, 9.17) is 0 Å². The van der Waals surface area contributed by atoms with Crippen LogP contribution < -0.4 is 5.32 Å². The van der Waals surface area contributed by atoms with Crippen molar-refractivity contribution in [1.29, 1.82) is 0 Å². The lowest BCUT2D eigenvalue weighted by molar-refractivity contribution is 0.0793. The number of rotatable bonds is 5. The van der Waals surface area contributed by atoms with Gasteiger partial charge in [0.25, 0.3) is 11.8 Å². The van der Waals surface area contributed by atoms with Crippen molar-refractivity contribution in [2.24, 2.45) is 0 Å². The molecule has 6 nitrogen and oxygen atoms in total. The van der Waals surface area contributed by atoms with Crippen molar-refractivity contribution in [2.75, 3.05) is 13.1 Å². The van der Waals surface area contributed by atoms with Crippen LogP contribution in [0.1, 0.15) is 63.3 Å². The number of benzene rings is 1. The summed E-state index contributed by atoms with van der Waals surface area (Å²) < 4.78 is 0. The summed E-state index contributed by atoms with van der Waals surface area (Å²) in [6.45, 7) is 7.34. The molecule has 1 aliphatic rings. The molecule has 3 heterocycles. The SMILES string of the molecule is Cc1ccc(-c2cc(C(=O)N[C@H](C)c3ccc(C)nc3)cc(C(=O)N3CCCC3)c2)nc1. The summed E-state index contributed by atoms with van der Waals surface area (Å²) in [6, 6.07) is 12.9. The molecule has 1 atom stereocenters. The summed E-state index contributed by atoms with van der Waals surface area (Å²) in [5.74, 6) is -0.274. The molecule has 4 rings (SSSR count). The van der Waals surface area contributed by atoms with Crippen LogP contribution in [0.4, 0.5) is 0 Å². The Hall–Kier alpha value is -3.54. The maximum atomic E-state index is 13.2. The second kappa shape index (κ2) is 9.30. The maximum absolute atomic E-state index is 13.2. The highest BCUT2D eigenvalue weighted by molar-refractivity contribution is 6.01. The fourth-order valence-electron chi connectivity index (χ4n) is 3.87. The van der Waals surface area contributed by atoms with Gasteiger partial charge in [-0.05, 0) is 75.1 Å². The smallest absolute Gasteiger partial charge is 0.253 e. The summed E-state index contributed by atoms with van der Waals surface area (Å²) >= 11 is 0. The highest BCUT2D eigenvalue weighted by Gasteiger charge is 2.22. The Morgan fingerprint density at radius 1 is 0.938 bits per heavy atom. The summed E-state index contributed by atoms with van der Waals surface area (Å²) in [5, 5.41) is 3.03. The lowest BCUT2D eigenvalue weighted by Crippen LogP contribution is -2.29. The van der Waals surface area contributed by atoms with Crippen LogP contribution in [0, 0.1) is 13.8 Å². The molecular weight excluding hydrogens is 400 g/mol. The molecule has 0 saturated carbocycles. The van der Waals surface area contributed by atoms with E-state index >= 15 is 0 Å². The Balaban J connectivity index is 1.66. The number of aromatic nitrogens is 2. The zero-order chi connectivity index (χ0) is 22.7. The molecule has 164 valence electrons. The van der Waals surface area contributed by atoms with E-state index < -0.39 is 0 Å². The van der Waals surface area contributed by atoms with Crippen molar-refractivity contribution in [3.63, 3.8) is 0 Å². The van der Waals surface area contributed by atoms with Crippen LogP contribution in [0.2, 0.25) is 0 Å². The number of amides is 2. The number of pyridine rings is 2. The monoisotopic (exact) mass is 428 g/mol. The van der Waals surface area contributed by atoms with Gasteiger partial charge in [0, 0.05) is 47.9 Å². The van der Waals surface area contributed by atoms with Gasteiger partial charge in [0.2, 0.25) is 0 Å². The van der Waals surface area contributed by atoms with E-state index in [1.165, 1.54) is 0 Å². The van der Waals surface area contributed by atoms with Crippen molar-refractivity contribution < 1.29 is 9.59 Å². The quantitative estimate of drug-likeness (QED) is 0.650. The summed E-state index contributed by atoms with van der Waals surface area (Å²) in [4.78, 5) is 36.9. The molecule has 0 aliphatic carbocycles. The Morgan fingerprint density at radius 2 is 1.69 bits per heavy atom. The van der Waals surface area contributed by atoms with Crippen LogP contribution in [-0.2, 0) is 0 Å². The van der Waals surface area contributed by atoms with Gasteiger partial charge in [0.15, 0.2) is 0 Å². The van der Waals surface area contributed by atoms with Gasteiger partial charge in [-0.15, -0.1) is 0 Å². The van der Waals surface area contributed by atoms with E-state index in [1.807, 2.05) is 56.0 Å². The Labute approximate surface area is 188 Å². The van der Waals surface area contributed by atoms with E-state index in [-0.39, 0.29) is 17.9 Å². The van der Waals surface area contributed by atoms with Crippen molar-refractivity contribution in [1.82, 2.24) is 20.2 Å². The number of nitrogens with zero attached hydrogens (tertiary/aromatic N) is 3. The van der Waals surface area contributed by atoms with Crippen LogP contribution in [0.25, 0.3) is 11.3 Å². The third-order valence-electron chi connectivity index (χ3n) is 5.82. The topological polar surface area (TPSA) is 75.2 Å². The lowest BCUT2D eigenvalue weighted by atomic mass is 10.0.